The standard InChI is InChI=1S/C47H47N13O4/c1-47(2,28-48)54-45(63)40-26-51-43-36(49-3)24-41(55-60(40)43)52-33-7-5-6-32(22-33)35-14-8-29(25-50-35)27-57-18-20-58(21-19-57)34-12-9-30(10-13-34)31-11-15-37-39(23-31)56(4)46(64)59(37)38-16-17-42(61)53-44(38)62/h5-15,22-26,38,49H,16-21,27H2,1-4H3,(H,52,55)(H,54,63)(H,53,61,62). The normalized spacial score (nSPS) is 15.9. The second-order valence-corrected chi connectivity index (χ2v) is 16.7. The molecule has 17 heteroatoms. The molecule has 64 heavy (non-hydrogen) atoms. The fraction of sp³-hybridized carbons (Fsp3) is 0.277. The summed E-state index contributed by atoms with van der Waals surface area (Å²) in [6.07, 6.45) is 3.88. The number of imide groups is 1. The Morgan fingerprint density at radius 3 is 2.39 bits per heavy atom. The Morgan fingerprint density at radius 1 is 0.891 bits per heavy atom. The topological polar surface area (TPSA) is 200 Å². The van der Waals surface area contributed by atoms with Crippen LogP contribution in [-0.4, -0.2) is 90.1 Å². The number of hydrogen-bond acceptors (Lipinski definition) is 12. The van der Waals surface area contributed by atoms with E-state index in [2.05, 4.69) is 77.6 Å². The van der Waals surface area contributed by atoms with Gasteiger partial charge in [0.05, 0.1) is 34.7 Å². The fourth-order valence-electron chi connectivity index (χ4n) is 8.40. The van der Waals surface area contributed by atoms with E-state index in [0.717, 1.165) is 77.6 Å². The van der Waals surface area contributed by atoms with Crippen LogP contribution in [0, 0.1) is 11.3 Å². The number of piperidine rings is 1. The van der Waals surface area contributed by atoms with Gasteiger partial charge in [-0.1, -0.05) is 36.4 Å². The molecule has 17 nitrogen and oxygen atoms in total. The first kappa shape index (κ1) is 41.5. The van der Waals surface area contributed by atoms with E-state index in [-0.39, 0.29) is 23.7 Å². The van der Waals surface area contributed by atoms with Gasteiger partial charge in [-0.05, 0) is 79.4 Å². The van der Waals surface area contributed by atoms with Crippen molar-refractivity contribution < 1.29 is 14.4 Å². The molecule has 4 aromatic heterocycles. The lowest BCUT2D eigenvalue weighted by Crippen LogP contribution is -2.45. The Labute approximate surface area is 368 Å². The number of anilines is 4. The zero-order chi connectivity index (χ0) is 44.7. The number of nitriles is 1. The number of piperazine rings is 1. The largest absolute Gasteiger partial charge is 0.385 e. The Bertz CT molecular complexity index is 3040. The summed E-state index contributed by atoms with van der Waals surface area (Å²) in [7, 11) is 3.48. The second kappa shape index (κ2) is 16.8. The molecule has 0 radical (unpaired) electrons. The van der Waals surface area contributed by atoms with E-state index in [1.54, 1.807) is 32.5 Å². The van der Waals surface area contributed by atoms with Gasteiger partial charge >= 0.3 is 5.69 Å². The number of imidazole rings is 2. The molecule has 1 unspecified atom stereocenters. The van der Waals surface area contributed by atoms with Crippen molar-refractivity contribution in [2.75, 3.05) is 48.8 Å². The third-order valence-corrected chi connectivity index (χ3v) is 11.9. The first-order valence-corrected chi connectivity index (χ1v) is 21.1. The fourth-order valence-corrected chi connectivity index (χ4v) is 8.40. The number of rotatable bonds is 11. The second-order valence-electron chi connectivity index (χ2n) is 16.7. The van der Waals surface area contributed by atoms with Gasteiger partial charge in [0.1, 0.15) is 11.6 Å². The highest BCUT2D eigenvalue weighted by atomic mass is 16.2. The number of carbonyl (C=O) groups is 3. The molecule has 3 aromatic carbocycles. The third kappa shape index (κ3) is 8.14. The first-order valence-electron chi connectivity index (χ1n) is 21.1. The molecule has 324 valence electrons. The zero-order valence-electron chi connectivity index (χ0n) is 35.9. The number of fused-ring (bicyclic) bond motifs is 2. The van der Waals surface area contributed by atoms with Gasteiger partial charge in [-0.25, -0.2) is 14.3 Å². The van der Waals surface area contributed by atoms with Crippen LogP contribution >= 0.6 is 0 Å². The van der Waals surface area contributed by atoms with Crippen molar-refractivity contribution in [1.82, 2.24) is 44.2 Å². The van der Waals surface area contributed by atoms with Crippen LogP contribution < -0.4 is 31.9 Å². The number of hydrogen-bond donors (Lipinski definition) is 4. The van der Waals surface area contributed by atoms with Crippen molar-refractivity contribution in [2.24, 2.45) is 7.05 Å². The summed E-state index contributed by atoms with van der Waals surface area (Å²) < 4.78 is 4.52. The molecule has 1 atom stereocenters. The van der Waals surface area contributed by atoms with Crippen LogP contribution in [0.15, 0.2) is 102 Å². The average Bonchev–Trinajstić information content (AvgIpc) is 3.84. The third-order valence-electron chi connectivity index (χ3n) is 11.9. The van der Waals surface area contributed by atoms with Crippen molar-refractivity contribution in [2.45, 2.75) is 44.8 Å². The summed E-state index contributed by atoms with van der Waals surface area (Å²) >= 11 is 0. The van der Waals surface area contributed by atoms with E-state index in [9.17, 15) is 24.4 Å². The average molecular weight is 858 g/mol. The predicted molar refractivity (Wildman–Crippen MR) is 244 cm³/mol. The number of nitrogens with one attached hydrogen (secondary N) is 4. The summed E-state index contributed by atoms with van der Waals surface area (Å²) in [6, 6.07) is 29.6. The maximum atomic E-state index is 13.2. The minimum Gasteiger partial charge on any atom is -0.385 e. The van der Waals surface area contributed by atoms with Crippen molar-refractivity contribution in [3.05, 3.63) is 119 Å². The number of carbonyl (C=O) groups excluding carboxylic acids is 3. The van der Waals surface area contributed by atoms with Crippen LogP contribution in [0.1, 0.15) is 48.8 Å². The summed E-state index contributed by atoms with van der Waals surface area (Å²) in [4.78, 5) is 64.7. The monoisotopic (exact) mass is 857 g/mol. The van der Waals surface area contributed by atoms with Gasteiger partial charge in [-0.15, -0.1) is 5.10 Å². The maximum Gasteiger partial charge on any atom is 0.329 e. The highest BCUT2D eigenvalue weighted by Gasteiger charge is 2.31. The molecule has 7 aromatic rings. The number of benzene rings is 3. The van der Waals surface area contributed by atoms with Gasteiger partial charge in [0.2, 0.25) is 11.8 Å². The van der Waals surface area contributed by atoms with Crippen molar-refractivity contribution in [3.63, 3.8) is 0 Å². The summed E-state index contributed by atoms with van der Waals surface area (Å²) in [5.41, 5.74) is 8.23. The van der Waals surface area contributed by atoms with Crippen LogP contribution in [0.25, 0.3) is 39.1 Å². The number of nitrogens with zero attached hydrogens (tertiary/aromatic N) is 9. The lowest BCUT2D eigenvalue weighted by molar-refractivity contribution is -0.135. The van der Waals surface area contributed by atoms with Crippen LogP contribution in [0.5, 0.6) is 0 Å². The van der Waals surface area contributed by atoms with Crippen LogP contribution in [0.4, 0.5) is 22.9 Å². The van der Waals surface area contributed by atoms with Crippen LogP contribution in [0.2, 0.25) is 0 Å². The molecular weight excluding hydrogens is 811 g/mol. The minimum absolute atomic E-state index is 0.200. The molecule has 4 N–H and O–H groups in total. The summed E-state index contributed by atoms with van der Waals surface area (Å²) in [5.74, 6) is -0.724. The minimum atomic E-state index is -1.06. The van der Waals surface area contributed by atoms with Crippen molar-refractivity contribution >= 4 is 57.3 Å². The predicted octanol–water partition coefficient (Wildman–Crippen LogP) is 5.23. The lowest BCUT2D eigenvalue weighted by atomic mass is 10.0. The van der Waals surface area contributed by atoms with E-state index in [1.165, 1.54) is 15.3 Å². The zero-order valence-corrected chi connectivity index (χ0v) is 35.9. The van der Waals surface area contributed by atoms with Gasteiger partial charge in [-0.3, -0.25) is 38.7 Å². The van der Waals surface area contributed by atoms with Gasteiger partial charge in [-0.2, -0.15) is 5.26 Å². The molecule has 6 heterocycles. The van der Waals surface area contributed by atoms with Gasteiger partial charge in [0.25, 0.3) is 5.91 Å². The smallest absolute Gasteiger partial charge is 0.329 e. The molecule has 0 spiro atoms. The van der Waals surface area contributed by atoms with E-state index in [1.807, 2.05) is 60.8 Å². The molecule has 0 saturated carbocycles. The molecule has 2 fully saturated rings. The summed E-state index contributed by atoms with van der Waals surface area (Å²) in [5, 5.41) is 25.6. The number of amides is 3. The van der Waals surface area contributed by atoms with Gasteiger partial charge < -0.3 is 20.9 Å². The molecule has 9 rings (SSSR count). The number of pyridine rings is 1. The van der Waals surface area contributed by atoms with Gasteiger partial charge in [0.15, 0.2) is 17.2 Å². The Morgan fingerprint density at radius 2 is 1.67 bits per heavy atom. The molecule has 0 aliphatic carbocycles. The SMILES string of the molecule is CNc1cc(Nc2cccc(-c3ccc(CN4CCN(c5ccc(-c6ccc7c(c6)n(C)c(=O)n7C6CCC(=O)NC6=O)cc5)CC4)cn3)c2)nn2c(C(=O)NC(C)(C)C#N)cnc12. The quantitative estimate of drug-likeness (QED) is 0.124. The molecule has 2 saturated heterocycles. The molecule has 2 aliphatic heterocycles. The molecule has 0 bridgehead atoms. The van der Waals surface area contributed by atoms with E-state index in [4.69, 9.17) is 4.98 Å². The lowest BCUT2D eigenvalue weighted by Gasteiger charge is -2.36. The molecule has 3 amide bonds. The molecule has 2 aliphatic rings. The van der Waals surface area contributed by atoms with Crippen LogP contribution in [-0.2, 0) is 23.2 Å². The van der Waals surface area contributed by atoms with E-state index < -0.39 is 23.4 Å². The highest BCUT2D eigenvalue weighted by molar-refractivity contribution is 6.00. The van der Waals surface area contributed by atoms with Crippen molar-refractivity contribution in [3.8, 4) is 28.5 Å². The Balaban J connectivity index is 0.812. The maximum absolute atomic E-state index is 13.2. The Kier molecular flexibility index (Phi) is 10.9. The number of aryl methyl sites for hydroxylation is 1. The Hall–Kier alpha value is -7.84. The first-order chi connectivity index (χ1) is 30.9. The molecular formula is C47H47N13O4. The van der Waals surface area contributed by atoms with E-state index in [0.29, 0.717) is 29.1 Å². The summed E-state index contributed by atoms with van der Waals surface area (Å²) in [6.45, 7) is 7.64. The van der Waals surface area contributed by atoms with Gasteiger partial charge in [0, 0.05) is 82.4 Å². The number of aromatic nitrogens is 6. The van der Waals surface area contributed by atoms with Crippen molar-refractivity contribution in [1.29, 1.82) is 5.26 Å². The highest BCUT2D eigenvalue weighted by Crippen LogP contribution is 2.30. The van der Waals surface area contributed by atoms with Crippen LogP contribution in [0.3, 0.4) is 0 Å². The van der Waals surface area contributed by atoms with E-state index >= 15 is 0 Å².